The number of piperidine rings is 1. The minimum absolute atomic E-state index is 0.0141. The van der Waals surface area contributed by atoms with Crippen LogP contribution in [-0.4, -0.2) is 17.0 Å². The van der Waals surface area contributed by atoms with E-state index in [-0.39, 0.29) is 24.5 Å². The molecule has 3 aromatic rings. The van der Waals surface area contributed by atoms with E-state index in [0.717, 1.165) is 17.7 Å². The fourth-order valence-corrected chi connectivity index (χ4v) is 6.32. The van der Waals surface area contributed by atoms with Crippen LogP contribution in [-0.2, 0) is 23.3 Å². The van der Waals surface area contributed by atoms with Crippen molar-refractivity contribution in [2.45, 2.75) is 62.9 Å². The van der Waals surface area contributed by atoms with E-state index >= 15 is 0 Å². The number of halogens is 9. The number of carbonyl (C=O) groups excluding carboxylic acids is 1. The zero-order chi connectivity index (χ0) is 29.2. The molecule has 3 heterocycles. The standard InChI is InChI=1S/C27H20F9NO2S/c1-13-11-40-12-20(13)18-6-5-15(25(28,29)30)10-19(18)21-3-2-4-22-23(39-24(38)37(21)22)14-7-16(26(31,32)33)9-17(8-14)27(34,35)36/h5-12,21-23H,2-4H2,1H3/t21-,22-,23+/m0/s1. The first-order chi connectivity index (χ1) is 18.6. The second-order valence-electron chi connectivity index (χ2n) is 9.83. The molecule has 1 aromatic heterocycles. The van der Waals surface area contributed by atoms with Crippen LogP contribution >= 0.6 is 11.3 Å². The van der Waals surface area contributed by atoms with E-state index in [1.165, 1.54) is 22.3 Å². The molecule has 0 spiro atoms. The number of alkyl halides is 9. The van der Waals surface area contributed by atoms with E-state index in [4.69, 9.17) is 4.74 Å². The lowest BCUT2D eigenvalue weighted by molar-refractivity contribution is -0.143. The van der Waals surface area contributed by atoms with E-state index in [0.29, 0.717) is 29.7 Å². The molecule has 13 heteroatoms. The number of ether oxygens (including phenoxy) is 1. The molecule has 5 rings (SSSR count). The maximum Gasteiger partial charge on any atom is 0.416 e. The third kappa shape index (κ3) is 5.15. The molecule has 0 bridgehead atoms. The molecule has 3 nitrogen and oxygen atoms in total. The Hall–Kier alpha value is -3.22. The molecule has 2 aliphatic rings. The van der Waals surface area contributed by atoms with Gasteiger partial charge < -0.3 is 4.74 Å². The molecule has 2 saturated heterocycles. The van der Waals surface area contributed by atoms with Crippen LogP contribution in [0.3, 0.4) is 0 Å². The molecule has 2 aromatic carbocycles. The molecule has 2 fully saturated rings. The molecule has 1 amide bonds. The minimum atomic E-state index is -5.10. The lowest BCUT2D eigenvalue weighted by atomic mass is 9.84. The molecule has 3 atom stereocenters. The second-order valence-corrected chi connectivity index (χ2v) is 10.6. The van der Waals surface area contributed by atoms with Crippen LogP contribution in [0.4, 0.5) is 44.3 Å². The van der Waals surface area contributed by atoms with Gasteiger partial charge in [0.1, 0.15) is 6.10 Å². The van der Waals surface area contributed by atoms with Gasteiger partial charge in [-0.3, -0.25) is 4.90 Å². The summed E-state index contributed by atoms with van der Waals surface area (Å²) in [5.74, 6) is 0. The number of hydrogen-bond donors (Lipinski definition) is 0. The normalized spacial score (nSPS) is 21.9. The lowest BCUT2D eigenvalue weighted by Crippen LogP contribution is -2.41. The van der Waals surface area contributed by atoms with E-state index in [2.05, 4.69) is 0 Å². The highest BCUT2D eigenvalue weighted by Gasteiger charge is 2.50. The molecule has 2 aliphatic heterocycles. The van der Waals surface area contributed by atoms with Crippen LogP contribution in [0.15, 0.2) is 47.2 Å². The SMILES string of the molecule is Cc1cscc1-c1ccc(C(F)(F)F)cc1[C@@H]1CCC[C@H]2[C@@H](c3cc(C(F)(F)F)cc(C(F)(F)F)c3)OC(=O)N12. The topological polar surface area (TPSA) is 29.5 Å². The van der Waals surface area contributed by atoms with Gasteiger partial charge in [-0.2, -0.15) is 50.9 Å². The predicted molar refractivity (Wildman–Crippen MR) is 127 cm³/mol. The Labute approximate surface area is 226 Å². The van der Waals surface area contributed by atoms with Crippen LogP contribution in [0.1, 0.15) is 64.8 Å². The number of carbonyl (C=O) groups is 1. The van der Waals surface area contributed by atoms with Crippen LogP contribution < -0.4 is 0 Å². The lowest BCUT2D eigenvalue weighted by Gasteiger charge is -2.38. The first-order valence-electron chi connectivity index (χ1n) is 12.1. The van der Waals surface area contributed by atoms with Crippen LogP contribution in [0, 0.1) is 6.92 Å². The van der Waals surface area contributed by atoms with Crippen molar-refractivity contribution in [1.82, 2.24) is 4.90 Å². The van der Waals surface area contributed by atoms with Crippen LogP contribution in [0.5, 0.6) is 0 Å². The maximum atomic E-state index is 13.7. The van der Waals surface area contributed by atoms with Crippen molar-refractivity contribution in [3.63, 3.8) is 0 Å². The summed E-state index contributed by atoms with van der Waals surface area (Å²) < 4.78 is 127. The monoisotopic (exact) mass is 593 g/mol. The average Bonchev–Trinajstić information content (AvgIpc) is 3.44. The zero-order valence-corrected chi connectivity index (χ0v) is 21.4. The third-order valence-electron chi connectivity index (χ3n) is 7.28. The summed E-state index contributed by atoms with van der Waals surface area (Å²) in [5, 5.41) is 3.57. The van der Waals surface area contributed by atoms with Crippen molar-refractivity contribution in [1.29, 1.82) is 0 Å². The second kappa shape index (κ2) is 9.71. The van der Waals surface area contributed by atoms with E-state index in [9.17, 15) is 44.3 Å². The molecule has 0 radical (unpaired) electrons. The summed E-state index contributed by atoms with van der Waals surface area (Å²) in [7, 11) is 0. The van der Waals surface area contributed by atoms with Gasteiger partial charge in [-0.05, 0) is 95.1 Å². The summed E-state index contributed by atoms with van der Waals surface area (Å²) in [6, 6.07) is 2.30. The summed E-state index contributed by atoms with van der Waals surface area (Å²) in [5.41, 5.74) is -2.44. The van der Waals surface area contributed by atoms with Gasteiger partial charge in [0.05, 0.1) is 28.8 Å². The number of thiophene rings is 1. The van der Waals surface area contributed by atoms with Gasteiger partial charge in [0.25, 0.3) is 0 Å². The van der Waals surface area contributed by atoms with Crippen molar-refractivity contribution in [2.75, 3.05) is 0 Å². The molecule has 214 valence electrons. The molecular weight excluding hydrogens is 573 g/mol. The molecule has 40 heavy (non-hydrogen) atoms. The van der Waals surface area contributed by atoms with Crippen molar-refractivity contribution >= 4 is 17.4 Å². The molecular formula is C27H20F9NO2S. The van der Waals surface area contributed by atoms with E-state index in [1.807, 2.05) is 5.38 Å². The average molecular weight is 594 g/mol. The number of nitrogens with zero attached hydrogens (tertiary/aromatic N) is 1. The number of fused-ring (bicyclic) bond motifs is 1. The minimum Gasteiger partial charge on any atom is -0.439 e. The molecule has 0 unspecified atom stereocenters. The van der Waals surface area contributed by atoms with Crippen LogP contribution in [0.2, 0.25) is 0 Å². The van der Waals surface area contributed by atoms with Crippen LogP contribution in [0.25, 0.3) is 11.1 Å². The number of cyclic esters (lactones) is 1. The Balaban J connectivity index is 1.60. The van der Waals surface area contributed by atoms with Crippen molar-refractivity contribution < 1.29 is 49.0 Å². The molecule has 0 N–H and O–H groups in total. The first kappa shape index (κ1) is 28.3. The van der Waals surface area contributed by atoms with Crippen molar-refractivity contribution in [3.05, 3.63) is 80.5 Å². The smallest absolute Gasteiger partial charge is 0.416 e. The van der Waals surface area contributed by atoms with Gasteiger partial charge in [-0.15, -0.1) is 0 Å². The number of hydrogen-bond acceptors (Lipinski definition) is 3. The Morgan fingerprint density at radius 3 is 1.98 bits per heavy atom. The summed E-state index contributed by atoms with van der Waals surface area (Å²) in [6.45, 7) is 1.78. The van der Waals surface area contributed by atoms with E-state index in [1.54, 1.807) is 12.3 Å². The summed E-state index contributed by atoms with van der Waals surface area (Å²) in [6.07, 6.45) is -16.6. The fraction of sp³-hybridized carbons (Fsp3) is 0.370. The van der Waals surface area contributed by atoms with Gasteiger partial charge in [0.15, 0.2) is 0 Å². The van der Waals surface area contributed by atoms with Gasteiger partial charge in [0, 0.05) is 0 Å². The highest BCUT2D eigenvalue weighted by Crippen LogP contribution is 2.50. The summed E-state index contributed by atoms with van der Waals surface area (Å²) in [4.78, 5) is 14.3. The highest BCUT2D eigenvalue weighted by molar-refractivity contribution is 7.08. The maximum absolute atomic E-state index is 13.7. The number of aryl methyl sites for hydroxylation is 1. The summed E-state index contributed by atoms with van der Waals surface area (Å²) >= 11 is 1.34. The Morgan fingerprint density at radius 1 is 0.800 bits per heavy atom. The van der Waals surface area contributed by atoms with E-state index < -0.39 is 65.1 Å². The molecule has 0 aliphatic carbocycles. The highest BCUT2D eigenvalue weighted by atomic mass is 32.1. The number of amides is 1. The first-order valence-corrected chi connectivity index (χ1v) is 13.0. The predicted octanol–water partition coefficient (Wildman–Crippen LogP) is 9.57. The van der Waals surface area contributed by atoms with Gasteiger partial charge >= 0.3 is 24.6 Å². The quantitative estimate of drug-likeness (QED) is 0.283. The number of rotatable bonds is 3. The van der Waals surface area contributed by atoms with Crippen molar-refractivity contribution in [2.24, 2.45) is 0 Å². The van der Waals surface area contributed by atoms with Crippen molar-refractivity contribution in [3.8, 4) is 11.1 Å². The van der Waals surface area contributed by atoms with Gasteiger partial charge in [-0.25, -0.2) is 4.79 Å². The largest absolute Gasteiger partial charge is 0.439 e. The van der Waals surface area contributed by atoms with Gasteiger partial charge in [0.2, 0.25) is 0 Å². The number of benzene rings is 2. The Kier molecular flexibility index (Phi) is 6.87. The Bertz CT molecular complexity index is 1410. The zero-order valence-electron chi connectivity index (χ0n) is 20.5. The fourth-order valence-electron chi connectivity index (χ4n) is 5.47. The van der Waals surface area contributed by atoms with Gasteiger partial charge in [-0.1, -0.05) is 6.07 Å². The molecule has 0 saturated carbocycles. The third-order valence-corrected chi connectivity index (χ3v) is 8.14. The Morgan fingerprint density at radius 2 is 1.43 bits per heavy atom.